The first kappa shape index (κ1) is 13.8. The summed E-state index contributed by atoms with van der Waals surface area (Å²) in [7, 11) is 0. The fourth-order valence-electron chi connectivity index (χ4n) is 3.91. The molecule has 2 aliphatic rings. The molecule has 2 saturated heterocycles. The number of nitrogens with zero attached hydrogens (tertiary/aromatic N) is 3. The first-order valence-electron chi connectivity index (χ1n) is 8.20. The van der Waals surface area contributed by atoms with Crippen molar-refractivity contribution >= 4 is 11.4 Å². The van der Waals surface area contributed by atoms with E-state index < -0.39 is 0 Å². The number of fused-ring (bicyclic) bond motifs is 1. The van der Waals surface area contributed by atoms with Crippen LogP contribution in [0.4, 0.5) is 0 Å². The van der Waals surface area contributed by atoms with Gasteiger partial charge >= 0.3 is 0 Å². The number of rotatable bonds is 1. The van der Waals surface area contributed by atoms with Gasteiger partial charge in [-0.3, -0.25) is 4.79 Å². The lowest BCUT2D eigenvalue weighted by Crippen LogP contribution is -2.47. The van der Waals surface area contributed by atoms with E-state index >= 15 is 0 Å². The molecular weight excluding hydrogens is 276 g/mol. The molecule has 2 aromatic rings. The van der Waals surface area contributed by atoms with Gasteiger partial charge in [-0.15, -0.1) is 0 Å². The van der Waals surface area contributed by atoms with Crippen molar-refractivity contribution in [3.8, 4) is 0 Å². The van der Waals surface area contributed by atoms with Crippen LogP contribution in [0.1, 0.15) is 36.0 Å². The van der Waals surface area contributed by atoms with Crippen LogP contribution in [0.3, 0.4) is 0 Å². The molecule has 1 N–H and O–H groups in total. The summed E-state index contributed by atoms with van der Waals surface area (Å²) in [5.41, 5.74) is 2.10. The molecule has 0 aromatic carbocycles. The van der Waals surface area contributed by atoms with Crippen molar-refractivity contribution in [2.75, 3.05) is 26.2 Å². The van der Waals surface area contributed by atoms with Gasteiger partial charge in [0.05, 0.1) is 17.3 Å². The molecule has 0 atom stereocenters. The molecular formula is C17H22N4O. The van der Waals surface area contributed by atoms with Crippen LogP contribution in [0.25, 0.3) is 5.52 Å². The van der Waals surface area contributed by atoms with Crippen LogP contribution in [0.2, 0.25) is 0 Å². The number of carbonyl (C=O) groups excluding carboxylic acids is 1. The lowest BCUT2D eigenvalue weighted by molar-refractivity contribution is 0.0497. The number of hydrogen-bond donors (Lipinski definition) is 1. The minimum Gasteiger partial charge on any atom is -0.338 e. The molecule has 22 heavy (non-hydrogen) atoms. The highest BCUT2D eigenvalue weighted by Gasteiger charge is 2.37. The number of piperidine rings is 2. The molecule has 0 saturated carbocycles. The summed E-state index contributed by atoms with van der Waals surface area (Å²) >= 11 is 0. The molecule has 0 bridgehead atoms. The minimum atomic E-state index is 0.130. The van der Waals surface area contributed by atoms with Gasteiger partial charge in [-0.25, -0.2) is 4.52 Å². The van der Waals surface area contributed by atoms with Gasteiger partial charge in [0.1, 0.15) is 0 Å². The zero-order valence-corrected chi connectivity index (χ0v) is 12.8. The normalized spacial score (nSPS) is 21.4. The third kappa shape index (κ3) is 2.29. The van der Waals surface area contributed by atoms with Crippen LogP contribution < -0.4 is 5.32 Å². The Morgan fingerprint density at radius 2 is 1.91 bits per heavy atom. The number of likely N-dealkylation sites (tertiary alicyclic amines) is 1. The predicted molar refractivity (Wildman–Crippen MR) is 84.9 cm³/mol. The number of aromatic nitrogens is 2. The van der Waals surface area contributed by atoms with E-state index in [1.165, 1.54) is 12.8 Å². The largest absolute Gasteiger partial charge is 0.338 e. The van der Waals surface area contributed by atoms with E-state index in [1.807, 2.05) is 29.3 Å². The SMILES string of the molecule is O=C(c1cnn2ccccc12)N1CCC2(CCNCC2)CC1. The fourth-order valence-corrected chi connectivity index (χ4v) is 3.91. The van der Waals surface area contributed by atoms with Crippen LogP contribution in [-0.4, -0.2) is 46.6 Å². The molecule has 0 aliphatic carbocycles. The van der Waals surface area contributed by atoms with Crippen LogP contribution in [0.5, 0.6) is 0 Å². The van der Waals surface area contributed by atoms with Gasteiger partial charge in [0.2, 0.25) is 0 Å². The standard InChI is InChI=1S/C17H22N4O/c22-16(14-13-19-21-10-2-1-3-15(14)21)20-11-6-17(7-12-20)4-8-18-9-5-17/h1-3,10,13,18H,4-9,11-12H2. The second-order valence-corrected chi connectivity index (χ2v) is 6.63. The number of pyridine rings is 1. The summed E-state index contributed by atoms with van der Waals surface area (Å²) in [6.07, 6.45) is 8.37. The summed E-state index contributed by atoms with van der Waals surface area (Å²) in [5.74, 6) is 0.130. The fraction of sp³-hybridized carbons (Fsp3) is 0.529. The van der Waals surface area contributed by atoms with E-state index in [4.69, 9.17) is 0 Å². The lowest BCUT2D eigenvalue weighted by atomic mass is 9.71. The summed E-state index contributed by atoms with van der Waals surface area (Å²) in [4.78, 5) is 14.8. The predicted octanol–water partition coefficient (Wildman–Crippen LogP) is 1.94. The lowest BCUT2D eigenvalue weighted by Gasteiger charge is -2.44. The van der Waals surface area contributed by atoms with E-state index in [9.17, 15) is 4.79 Å². The molecule has 116 valence electrons. The van der Waals surface area contributed by atoms with Crippen LogP contribution >= 0.6 is 0 Å². The molecule has 1 amide bonds. The monoisotopic (exact) mass is 298 g/mol. The summed E-state index contributed by atoms with van der Waals surface area (Å²) in [6, 6.07) is 5.84. The Labute approximate surface area is 130 Å². The first-order chi connectivity index (χ1) is 10.8. The van der Waals surface area contributed by atoms with Crippen LogP contribution in [-0.2, 0) is 0 Å². The summed E-state index contributed by atoms with van der Waals surface area (Å²) < 4.78 is 1.77. The van der Waals surface area contributed by atoms with Gasteiger partial charge in [-0.2, -0.15) is 5.10 Å². The highest BCUT2D eigenvalue weighted by Crippen LogP contribution is 2.39. The van der Waals surface area contributed by atoms with E-state index in [-0.39, 0.29) is 5.91 Å². The maximum atomic E-state index is 12.8. The maximum absolute atomic E-state index is 12.8. The number of hydrogen-bond acceptors (Lipinski definition) is 3. The highest BCUT2D eigenvalue weighted by atomic mass is 16.2. The Bertz CT molecular complexity index is 677. The van der Waals surface area contributed by atoms with Crippen molar-refractivity contribution < 1.29 is 4.79 Å². The summed E-state index contributed by atoms with van der Waals surface area (Å²) in [6.45, 7) is 4.01. The second kappa shape index (κ2) is 5.39. The van der Waals surface area contributed by atoms with Gasteiger partial charge in [-0.05, 0) is 56.3 Å². The summed E-state index contributed by atoms with van der Waals surface area (Å²) in [5, 5.41) is 7.72. The van der Waals surface area contributed by atoms with Crippen LogP contribution in [0.15, 0.2) is 30.6 Å². The molecule has 2 aromatic heterocycles. The van der Waals surface area contributed by atoms with Crippen LogP contribution in [0, 0.1) is 5.41 Å². The van der Waals surface area contributed by atoms with E-state index in [1.54, 1.807) is 10.7 Å². The molecule has 4 rings (SSSR count). The number of amides is 1. The van der Waals surface area contributed by atoms with E-state index in [0.29, 0.717) is 5.41 Å². The molecule has 2 aliphatic heterocycles. The van der Waals surface area contributed by atoms with Crippen molar-refractivity contribution in [3.63, 3.8) is 0 Å². The average molecular weight is 298 g/mol. The molecule has 0 unspecified atom stereocenters. The van der Waals surface area contributed by atoms with Gasteiger partial charge in [0.15, 0.2) is 0 Å². The van der Waals surface area contributed by atoms with Gasteiger partial charge in [0.25, 0.3) is 5.91 Å². The van der Waals surface area contributed by atoms with Crippen molar-refractivity contribution in [1.29, 1.82) is 0 Å². The molecule has 4 heterocycles. The zero-order valence-electron chi connectivity index (χ0n) is 12.8. The number of carbonyl (C=O) groups is 1. The Kier molecular flexibility index (Phi) is 3.37. The third-order valence-corrected chi connectivity index (χ3v) is 5.43. The van der Waals surface area contributed by atoms with Crippen molar-refractivity contribution in [1.82, 2.24) is 19.8 Å². The maximum Gasteiger partial charge on any atom is 0.257 e. The van der Waals surface area contributed by atoms with Gasteiger partial charge in [0, 0.05) is 19.3 Å². The average Bonchev–Trinajstić information content (AvgIpc) is 3.00. The van der Waals surface area contributed by atoms with Gasteiger partial charge < -0.3 is 10.2 Å². The first-order valence-corrected chi connectivity index (χ1v) is 8.20. The Hall–Kier alpha value is -1.88. The quantitative estimate of drug-likeness (QED) is 0.875. The molecule has 2 fully saturated rings. The van der Waals surface area contributed by atoms with Crippen molar-refractivity contribution in [3.05, 3.63) is 36.2 Å². The Morgan fingerprint density at radius 3 is 2.68 bits per heavy atom. The van der Waals surface area contributed by atoms with Crippen molar-refractivity contribution in [2.45, 2.75) is 25.7 Å². The second-order valence-electron chi connectivity index (χ2n) is 6.63. The topological polar surface area (TPSA) is 49.6 Å². The number of nitrogens with one attached hydrogen (secondary N) is 1. The Morgan fingerprint density at radius 1 is 1.14 bits per heavy atom. The molecule has 1 spiro atoms. The third-order valence-electron chi connectivity index (χ3n) is 5.43. The van der Waals surface area contributed by atoms with E-state index in [2.05, 4.69) is 10.4 Å². The van der Waals surface area contributed by atoms with Gasteiger partial charge in [-0.1, -0.05) is 6.07 Å². The van der Waals surface area contributed by atoms with E-state index in [0.717, 1.165) is 50.1 Å². The molecule has 5 nitrogen and oxygen atoms in total. The minimum absolute atomic E-state index is 0.130. The smallest absolute Gasteiger partial charge is 0.257 e. The molecule has 0 radical (unpaired) electrons. The zero-order chi connectivity index (χ0) is 15.0. The van der Waals surface area contributed by atoms with Crippen molar-refractivity contribution in [2.24, 2.45) is 5.41 Å². The highest BCUT2D eigenvalue weighted by molar-refractivity contribution is 6.00. The Balaban J connectivity index is 1.50. The molecule has 5 heteroatoms.